The van der Waals surface area contributed by atoms with Crippen LogP contribution < -0.4 is 10.5 Å². The van der Waals surface area contributed by atoms with Gasteiger partial charge >= 0.3 is 0 Å². The first kappa shape index (κ1) is 21.2. The third kappa shape index (κ3) is 3.93. The van der Waals surface area contributed by atoms with E-state index in [2.05, 4.69) is 57.8 Å². The van der Waals surface area contributed by atoms with E-state index in [-0.39, 0.29) is 17.7 Å². The lowest BCUT2D eigenvalue weighted by Crippen LogP contribution is -3.12. The van der Waals surface area contributed by atoms with Crippen LogP contribution in [0.15, 0.2) is 53.3 Å². The molecule has 2 aromatic heterocycles. The normalized spacial score (nSPS) is 21.0. The summed E-state index contributed by atoms with van der Waals surface area (Å²) in [4.78, 5) is 17.8. The Bertz CT molecular complexity index is 1390. The van der Waals surface area contributed by atoms with E-state index in [1.807, 2.05) is 22.9 Å². The highest BCUT2D eigenvalue weighted by Crippen LogP contribution is 2.22. The van der Waals surface area contributed by atoms with Crippen LogP contribution in [0.25, 0.3) is 10.9 Å². The summed E-state index contributed by atoms with van der Waals surface area (Å²) in [5.41, 5.74) is 5.32. The van der Waals surface area contributed by atoms with Crippen molar-refractivity contribution in [2.45, 2.75) is 51.4 Å². The number of hydrogen-bond acceptors (Lipinski definition) is 5. The maximum atomic E-state index is 13.4. The largest absolute Gasteiger partial charge is 0.376 e. The number of nitrogens with zero attached hydrogens (tertiary/aromatic N) is 4. The lowest BCUT2D eigenvalue weighted by Gasteiger charge is -2.32. The Labute approximate surface area is 197 Å². The van der Waals surface area contributed by atoms with Gasteiger partial charge in [0, 0.05) is 24.1 Å². The zero-order valence-corrected chi connectivity index (χ0v) is 19.3. The van der Waals surface area contributed by atoms with E-state index in [0.717, 1.165) is 61.2 Å². The molecule has 8 nitrogen and oxygen atoms in total. The summed E-state index contributed by atoms with van der Waals surface area (Å²) in [5, 5.41) is 13.9. The van der Waals surface area contributed by atoms with E-state index in [1.54, 1.807) is 0 Å². The average molecular weight is 458 g/mol. The fourth-order valence-electron chi connectivity index (χ4n) is 5.48. The van der Waals surface area contributed by atoms with Crippen LogP contribution in [0.3, 0.4) is 0 Å². The molecular weight excluding hydrogens is 428 g/mol. The van der Waals surface area contributed by atoms with Gasteiger partial charge in [-0.15, -0.1) is 5.10 Å². The third-order valence-corrected chi connectivity index (χ3v) is 7.22. The smallest absolute Gasteiger partial charge is 0.258 e. The minimum atomic E-state index is -0.279. The van der Waals surface area contributed by atoms with Crippen molar-refractivity contribution >= 4 is 10.9 Å². The molecule has 2 aliphatic heterocycles. The van der Waals surface area contributed by atoms with Crippen LogP contribution in [0.5, 0.6) is 0 Å². The van der Waals surface area contributed by atoms with Gasteiger partial charge in [-0.25, -0.2) is 4.68 Å². The first-order valence-electron chi connectivity index (χ1n) is 12.1. The minimum Gasteiger partial charge on any atom is -0.376 e. The number of fused-ring (bicyclic) bond motifs is 2. The van der Waals surface area contributed by atoms with Crippen LogP contribution in [0.4, 0.5) is 0 Å². The van der Waals surface area contributed by atoms with E-state index in [0.29, 0.717) is 12.1 Å². The molecule has 1 unspecified atom stereocenters. The molecule has 34 heavy (non-hydrogen) atoms. The van der Waals surface area contributed by atoms with Crippen LogP contribution in [-0.2, 0) is 24.2 Å². The van der Waals surface area contributed by atoms with Gasteiger partial charge in [0.15, 0.2) is 6.04 Å². The molecule has 1 fully saturated rings. The van der Waals surface area contributed by atoms with Crippen molar-refractivity contribution in [3.63, 3.8) is 0 Å². The Morgan fingerprint density at radius 2 is 2.09 bits per heavy atom. The van der Waals surface area contributed by atoms with Crippen molar-refractivity contribution in [1.29, 1.82) is 0 Å². The number of hydrogen-bond donors (Lipinski definition) is 2. The maximum Gasteiger partial charge on any atom is 0.258 e. The van der Waals surface area contributed by atoms with Gasteiger partial charge in [-0.3, -0.25) is 4.79 Å². The molecule has 2 aromatic carbocycles. The van der Waals surface area contributed by atoms with Crippen molar-refractivity contribution in [2.24, 2.45) is 0 Å². The van der Waals surface area contributed by atoms with Gasteiger partial charge in [0.25, 0.3) is 5.56 Å². The SMILES string of the molecule is Cc1ccc2[nH]c(=O)c([C@H](c3nnnn3C[C@@H]3CCCO3)[NH+]3CCc4ccccc4C3)cc2c1. The number of aromatic amines is 1. The van der Waals surface area contributed by atoms with Gasteiger partial charge in [-0.1, -0.05) is 35.9 Å². The van der Waals surface area contributed by atoms with Gasteiger partial charge in [0.05, 0.1) is 24.8 Å². The highest BCUT2D eigenvalue weighted by atomic mass is 16.5. The Hall–Kier alpha value is -3.36. The molecule has 174 valence electrons. The van der Waals surface area contributed by atoms with Crippen LogP contribution in [0.2, 0.25) is 0 Å². The standard InChI is InChI=1S/C26H28N6O2/c1-17-8-9-23-20(13-17)14-22(26(33)27-23)24(31-11-10-18-5-2-3-6-19(18)15-31)25-28-29-30-32(25)16-21-7-4-12-34-21/h2-3,5-6,8-9,13-14,21,24H,4,7,10-12,15-16H2,1H3,(H,27,33)/p+1/t21-,24+/m0/s1. The van der Waals surface area contributed by atoms with Gasteiger partial charge in [0.2, 0.25) is 5.82 Å². The second kappa shape index (κ2) is 8.77. The zero-order chi connectivity index (χ0) is 23.1. The van der Waals surface area contributed by atoms with Crippen molar-refractivity contribution in [3.05, 3.63) is 87.0 Å². The second-order valence-corrected chi connectivity index (χ2v) is 9.54. The number of benzene rings is 2. The first-order chi connectivity index (χ1) is 16.7. The summed E-state index contributed by atoms with van der Waals surface area (Å²) in [6.45, 7) is 5.17. The summed E-state index contributed by atoms with van der Waals surface area (Å²) in [6, 6.07) is 16.4. The molecule has 6 rings (SSSR count). The number of aromatic nitrogens is 5. The molecular formula is C26H29N6O2+. The molecule has 0 radical (unpaired) electrons. The van der Waals surface area contributed by atoms with Crippen LogP contribution in [0.1, 0.15) is 47.0 Å². The van der Waals surface area contributed by atoms with E-state index >= 15 is 0 Å². The van der Waals surface area contributed by atoms with Crippen molar-refractivity contribution < 1.29 is 9.64 Å². The number of nitrogens with one attached hydrogen (secondary N) is 2. The van der Waals surface area contributed by atoms with Gasteiger partial charge in [-0.05, 0) is 59.3 Å². The van der Waals surface area contributed by atoms with E-state index in [9.17, 15) is 4.79 Å². The summed E-state index contributed by atoms with van der Waals surface area (Å²) < 4.78 is 7.72. The van der Waals surface area contributed by atoms with E-state index < -0.39 is 0 Å². The summed E-state index contributed by atoms with van der Waals surface area (Å²) in [6.07, 6.45) is 3.13. The Kier molecular flexibility index (Phi) is 5.47. The number of pyridine rings is 1. The monoisotopic (exact) mass is 457 g/mol. The summed E-state index contributed by atoms with van der Waals surface area (Å²) >= 11 is 0. The molecule has 1 saturated heterocycles. The van der Waals surface area contributed by atoms with Gasteiger partial charge < -0.3 is 14.6 Å². The number of tetrazole rings is 1. The molecule has 8 heteroatoms. The number of quaternary nitrogens is 1. The zero-order valence-electron chi connectivity index (χ0n) is 19.3. The number of aryl methyl sites for hydroxylation is 1. The maximum absolute atomic E-state index is 13.4. The van der Waals surface area contributed by atoms with Crippen molar-refractivity contribution in [1.82, 2.24) is 25.2 Å². The molecule has 0 amide bonds. The average Bonchev–Trinajstić information content (AvgIpc) is 3.53. The fourth-order valence-corrected chi connectivity index (χ4v) is 5.48. The molecule has 3 atom stereocenters. The van der Waals surface area contributed by atoms with Crippen LogP contribution in [-0.4, -0.2) is 44.4 Å². The molecule has 4 heterocycles. The first-order valence-corrected chi connectivity index (χ1v) is 12.1. The molecule has 2 aliphatic rings. The number of H-pyrrole nitrogens is 1. The lowest BCUT2D eigenvalue weighted by molar-refractivity contribution is -0.942. The van der Waals surface area contributed by atoms with Gasteiger partial charge in [-0.2, -0.15) is 0 Å². The second-order valence-electron chi connectivity index (χ2n) is 9.54. The molecule has 2 N–H and O–H groups in total. The quantitative estimate of drug-likeness (QED) is 0.477. The van der Waals surface area contributed by atoms with Crippen molar-refractivity contribution in [3.8, 4) is 0 Å². The van der Waals surface area contributed by atoms with Crippen molar-refractivity contribution in [2.75, 3.05) is 13.2 Å². The Morgan fingerprint density at radius 3 is 2.94 bits per heavy atom. The minimum absolute atomic E-state index is 0.0839. The number of ether oxygens (including phenoxy) is 1. The van der Waals surface area contributed by atoms with Gasteiger partial charge in [0.1, 0.15) is 6.54 Å². The highest BCUT2D eigenvalue weighted by molar-refractivity contribution is 5.79. The van der Waals surface area contributed by atoms with E-state index in [4.69, 9.17) is 4.74 Å². The topological polar surface area (TPSA) is 90.1 Å². The molecule has 0 spiro atoms. The van der Waals surface area contributed by atoms with Crippen LogP contribution in [0, 0.1) is 6.92 Å². The Morgan fingerprint density at radius 1 is 1.21 bits per heavy atom. The predicted molar refractivity (Wildman–Crippen MR) is 128 cm³/mol. The molecule has 0 saturated carbocycles. The summed E-state index contributed by atoms with van der Waals surface area (Å²) in [5.74, 6) is 0.724. The number of rotatable bonds is 5. The summed E-state index contributed by atoms with van der Waals surface area (Å²) in [7, 11) is 0. The highest BCUT2D eigenvalue weighted by Gasteiger charge is 2.36. The molecule has 0 bridgehead atoms. The molecule has 0 aliphatic carbocycles. The third-order valence-electron chi connectivity index (χ3n) is 7.22. The molecule has 4 aromatic rings. The fraction of sp³-hybridized carbons (Fsp3) is 0.385. The lowest BCUT2D eigenvalue weighted by atomic mass is 9.95. The predicted octanol–water partition coefficient (Wildman–Crippen LogP) is 1.73. The van der Waals surface area contributed by atoms with E-state index in [1.165, 1.54) is 16.0 Å². The Balaban J connectivity index is 1.46. The van der Waals surface area contributed by atoms with Crippen LogP contribution >= 0.6 is 0 Å².